The van der Waals surface area contributed by atoms with Crippen LogP contribution in [-0.4, -0.2) is 36.2 Å². The lowest BCUT2D eigenvalue weighted by Crippen LogP contribution is -2.40. The average molecular weight is 277 g/mol. The minimum Gasteiger partial charge on any atom is -0.481 e. The number of hydrogen-bond acceptors (Lipinski definition) is 3. The Labute approximate surface area is 118 Å². The Morgan fingerprint density at radius 3 is 2.75 bits per heavy atom. The quantitative estimate of drug-likeness (QED) is 0.893. The monoisotopic (exact) mass is 277 g/mol. The molecule has 1 aliphatic rings. The van der Waals surface area contributed by atoms with E-state index in [1.165, 1.54) is 0 Å². The maximum Gasteiger partial charge on any atom is 0.305 e. The van der Waals surface area contributed by atoms with Crippen molar-refractivity contribution in [2.24, 2.45) is 0 Å². The van der Waals surface area contributed by atoms with Crippen LogP contribution in [0.2, 0.25) is 0 Å². The highest BCUT2D eigenvalue weighted by Gasteiger charge is 2.29. The lowest BCUT2D eigenvalue weighted by Gasteiger charge is -2.26. The molecule has 108 valence electrons. The van der Waals surface area contributed by atoms with Gasteiger partial charge in [-0.15, -0.1) is 0 Å². The zero-order valence-corrected chi connectivity index (χ0v) is 11.5. The standard InChI is InChI=1S/C15H19NO4/c1-11-5-2-3-6-12(11)16(9-8-14(17)18)15(19)13-7-4-10-20-13/h2-3,5-6,13H,4,7-10H2,1H3,(H,17,18). The maximum atomic E-state index is 12.5. The van der Waals surface area contributed by atoms with Gasteiger partial charge < -0.3 is 14.7 Å². The second-order valence-corrected chi connectivity index (χ2v) is 4.92. The summed E-state index contributed by atoms with van der Waals surface area (Å²) in [4.78, 5) is 24.9. The molecule has 1 N–H and O–H groups in total. The fourth-order valence-electron chi connectivity index (χ4n) is 2.37. The van der Waals surface area contributed by atoms with Gasteiger partial charge in [-0.3, -0.25) is 9.59 Å². The number of carbonyl (C=O) groups is 2. The van der Waals surface area contributed by atoms with Gasteiger partial charge in [0, 0.05) is 18.8 Å². The SMILES string of the molecule is Cc1ccccc1N(CCC(=O)O)C(=O)C1CCCO1. The van der Waals surface area contributed by atoms with E-state index in [4.69, 9.17) is 9.84 Å². The Balaban J connectivity index is 2.21. The molecule has 5 nitrogen and oxygen atoms in total. The predicted octanol–water partition coefficient (Wildman–Crippen LogP) is 1.98. The van der Waals surface area contributed by atoms with Gasteiger partial charge in [0.15, 0.2) is 0 Å². The van der Waals surface area contributed by atoms with Crippen LogP contribution >= 0.6 is 0 Å². The van der Waals surface area contributed by atoms with Gasteiger partial charge in [-0.2, -0.15) is 0 Å². The molecule has 1 unspecified atom stereocenters. The van der Waals surface area contributed by atoms with Crippen molar-refractivity contribution in [2.45, 2.75) is 32.3 Å². The molecule has 2 rings (SSSR count). The molecular weight excluding hydrogens is 258 g/mol. The Morgan fingerprint density at radius 2 is 2.15 bits per heavy atom. The average Bonchev–Trinajstić information content (AvgIpc) is 2.94. The van der Waals surface area contributed by atoms with Crippen molar-refractivity contribution in [1.29, 1.82) is 0 Å². The van der Waals surface area contributed by atoms with Crippen molar-refractivity contribution < 1.29 is 19.4 Å². The zero-order chi connectivity index (χ0) is 14.5. The van der Waals surface area contributed by atoms with Crippen LogP contribution < -0.4 is 4.90 Å². The predicted molar refractivity (Wildman–Crippen MR) is 74.8 cm³/mol. The molecule has 1 aromatic rings. The fraction of sp³-hybridized carbons (Fsp3) is 0.467. The molecule has 0 aliphatic carbocycles. The number of anilines is 1. The molecule has 0 spiro atoms. The van der Waals surface area contributed by atoms with E-state index in [1.54, 1.807) is 4.90 Å². The lowest BCUT2D eigenvalue weighted by atomic mass is 10.1. The summed E-state index contributed by atoms with van der Waals surface area (Å²) < 4.78 is 5.43. The summed E-state index contributed by atoms with van der Waals surface area (Å²) in [7, 11) is 0. The van der Waals surface area contributed by atoms with Crippen LogP contribution in [0.15, 0.2) is 24.3 Å². The van der Waals surface area contributed by atoms with E-state index in [2.05, 4.69) is 0 Å². The molecule has 1 atom stereocenters. The summed E-state index contributed by atoms with van der Waals surface area (Å²) in [6.07, 6.45) is 1.06. The molecule has 0 bridgehead atoms. The van der Waals surface area contributed by atoms with Crippen LogP contribution in [-0.2, 0) is 14.3 Å². The van der Waals surface area contributed by atoms with Gasteiger partial charge in [-0.25, -0.2) is 0 Å². The number of aryl methyl sites for hydroxylation is 1. The van der Waals surface area contributed by atoms with Gasteiger partial charge >= 0.3 is 5.97 Å². The number of aliphatic carboxylic acids is 1. The molecule has 1 aliphatic heterocycles. The first-order chi connectivity index (χ1) is 9.59. The Morgan fingerprint density at radius 1 is 1.40 bits per heavy atom. The molecular formula is C15H19NO4. The fourth-order valence-corrected chi connectivity index (χ4v) is 2.37. The van der Waals surface area contributed by atoms with Gasteiger partial charge in [-0.1, -0.05) is 18.2 Å². The first-order valence-corrected chi connectivity index (χ1v) is 6.80. The molecule has 5 heteroatoms. The molecule has 1 amide bonds. The summed E-state index contributed by atoms with van der Waals surface area (Å²) >= 11 is 0. The largest absolute Gasteiger partial charge is 0.481 e. The van der Waals surface area contributed by atoms with Crippen LogP contribution in [0.5, 0.6) is 0 Å². The maximum absolute atomic E-state index is 12.5. The third-order valence-electron chi connectivity index (χ3n) is 3.43. The lowest BCUT2D eigenvalue weighted by molar-refractivity contribution is -0.136. The van der Waals surface area contributed by atoms with Crippen molar-refractivity contribution >= 4 is 17.6 Å². The van der Waals surface area contributed by atoms with Crippen LogP contribution in [0.4, 0.5) is 5.69 Å². The Bertz CT molecular complexity index is 494. The Kier molecular flexibility index (Phi) is 4.74. The summed E-state index contributed by atoms with van der Waals surface area (Å²) in [5.41, 5.74) is 1.71. The van der Waals surface area contributed by atoms with E-state index in [1.807, 2.05) is 31.2 Å². The number of nitrogens with zero attached hydrogens (tertiary/aromatic N) is 1. The molecule has 1 heterocycles. The summed E-state index contributed by atoms with van der Waals surface area (Å²) in [5, 5.41) is 8.86. The third kappa shape index (κ3) is 3.36. The van der Waals surface area contributed by atoms with Crippen LogP contribution in [0.25, 0.3) is 0 Å². The van der Waals surface area contributed by atoms with Gasteiger partial charge in [-0.05, 0) is 31.4 Å². The summed E-state index contributed by atoms with van der Waals surface area (Å²) in [6, 6.07) is 7.49. The number of ether oxygens (including phenoxy) is 1. The second kappa shape index (κ2) is 6.52. The third-order valence-corrected chi connectivity index (χ3v) is 3.43. The first-order valence-electron chi connectivity index (χ1n) is 6.80. The van der Waals surface area contributed by atoms with Gasteiger partial charge in [0.25, 0.3) is 5.91 Å². The molecule has 20 heavy (non-hydrogen) atoms. The smallest absolute Gasteiger partial charge is 0.305 e. The molecule has 1 aromatic carbocycles. The van der Waals surface area contributed by atoms with Gasteiger partial charge in [0.05, 0.1) is 6.42 Å². The van der Waals surface area contributed by atoms with Crippen LogP contribution in [0, 0.1) is 6.92 Å². The van der Waals surface area contributed by atoms with E-state index in [-0.39, 0.29) is 18.9 Å². The highest BCUT2D eigenvalue weighted by molar-refractivity contribution is 5.97. The molecule has 0 saturated carbocycles. The van der Waals surface area contributed by atoms with E-state index in [0.717, 1.165) is 17.7 Å². The first kappa shape index (κ1) is 14.5. The molecule has 1 saturated heterocycles. The van der Waals surface area contributed by atoms with E-state index < -0.39 is 12.1 Å². The number of amides is 1. The van der Waals surface area contributed by atoms with Gasteiger partial charge in [0.2, 0.25) is 0 Å². The van der Waals surface area contributed by atoms with Crippen molar-refractivity contribution in [2.75, 3.05) is 18.1 Å². The van der Waals surface area contributed by atoms with Crippen molar-refractivity contribution in [1.82, 2.24) is 0 Å². The summed E-state index contributed by atoms with van der Waals surface area (Å²) in [5.74, 6) is -1.05. The number of rotatable bonds is 5. The number of carboxylic acid groups (broad SMARTS) is 1. The second-order valence-electron chi connectivity index (χ2n) is 4.92. The number of hydrogen-bond donors (Lipinski definition) is 1. The normalized spacial score (nSPS) is 17.9. The van der Waals surface area contributed by atoms with Crippen molar-refractivity contribution in [3.63, 3.8) is 0 Å². The highest BCUT2D eigenvalue weighted by atomic mass is 16.5. The van der Waals surface area contributed by atoms with Gasteiger partial charge in [0.1, 0.15) is 6.10 Å². The number of carbonyl (C=O) groups excluding carboxylic acids is 1. The van der Waals surface area contributed by atoms with Crippen LogP contribution in [0.3, 0.4) is 0 Å². The number of benzene rings is 1. The summed E-state index contributed by atoms with van der Waals surface area (Å²) in [6.45, 7) is 2.67. The minimum atomic E-state index is -0.913. The number of carboxylic acids is 1. The highest BCUT2D eigenvalue weighted by Crippen LogP contribution is 2.23. The molecule has 0 aromatic heterocycles. The molecule has 0 radical (unpaired) electrons. The number of para-hydroxylation sites is 1. The zero-order valence-electron chi connectivity index (χ0n) is 11.5. The topological polar surface area (TPSA) is 66.8 Å². The van der Waals surface area contributed by atoms with E-state index in [9.17, 15) is 9.59 Å². The van der Waals surface area contributed by atoms with E-state index >= 15 is 0 Å². The van der Waals surface area contributed by atoms with Crippen LogP contribution in [0.1, 0.15) is 24.8 Å². The van der Waals surface area contributed by atoms with E-state index in [0.29, 0.717) is 13.0 Å². The van der Waals surface area contributed by atoms with Crippen molar-refractivity contribution in [3.8, 4) is 0 Å². The minimum absolute atomic E-state index is 0.0766. The van der Waals surface area contributed by atoms with Crippen molar-refractivity contribution in [3.05, 3.63) is 29.8 Å². The molecule has 1 fully saturated rings. The Hall–Kier alpha value is -1.88.